The zero-order chi connectivity index (χ0) is 20.4. The Kier molecular flexibility index (Phi) is 5.30. The number of anilines is 1. The van der Waals surface area contributed by atoms with E-state index in [1.54, 1.807) is 0 Å². The average Bonchev–Trinajstić information content (AvgIpc) is 3.10. The molecule has 1 amide bonds. The van der Waals surface area contributed by atoms with Crippen molar-refractivity contribution in [1.82, 2.24) is 20.5 Å². The number of fused-ring (bicyclic) bond motifs is 1. The molecular weight excluding hydrogens is 396 g/mol. The fourth-order valence-electron chi connectivity index (χ4n) is 3.23. The number of nitrogens with one attached hydrogen (secondary N) is 3. The molecule has 29 heavy (non-hydrogen) atoms. The van der Waals surface area contributed by atoms with Gasteiger partial charge in [-0.25, -0.2) is 13.8 Å². The van der Waals surface area contributed by atoms with Crippen molar-refractivity contribution in [1.29, 1.82) is 0 Å². The van der Waals surface area contributed by atoms with E-state index in [2.05, 4.69) is 25.8 Å². The van der Waals surface area contributed by atoms with Crippen molar-refractivity contribution in [3.8, 4) is 0 Å². The van der Waals surface area contributed by atoms with E-state index in [0.29, 0.717) is 30.7 Å². The summed E-state index contributed by atoms with van der Waals surface area (Å²) in [6.45, 7) is 0. The number of halogens is 2. The smallest absolute Gasteiger partial charge is 0.291 e. The molecule has 1 aliphatic heterocycles. The summed E-state index contributed by atoms with van der Waals surface area (Å²) in [4.78, 5) is 17.0. The minimum absolute atomic E-state index is 0.00211. The SMILES string of the molecule is O=C(N[C@H]1CCc2cc(F)cc(F)c2NC1=S)c1n[nH]c(Cc2ccccc2)n1. The summed E-state index contributed by atoms with van der Waals surface area (Å²) in [5, 5.41) is 12.3. The van der Waals surface area contributed by atoms with Crippen LogP contribution in [0.1, 0.15) is 34.0 Å². The second-order valence-corrected chi connectivity index (χ2v) is 7.18. The first-order valence-electron chi connectivity index (χ1n) is 9.04. The lowest BCUT2D eigenvalue weighted by Crippen LogP contribution is -2.42. The number of aromatic amines is 1. The molecular formula is C20H17F2N5OS. The highest BCUT2D eigenvalue weighted by molar-refractivity contribution is 7.80. The summed E-state index contributed by atoms with van der Waals surface area (Å²) >= 11 is 5.31. The van der Waals surface area contributed by atoms with Gasteiger partial charge in [-0.2, -0.15) is 0 Å². The van der Waals surface area contributed by atoms with Crippen molar-refractivity contribution >= 4 is 28.8 Å². The lowest BCUT2D eigenvalue weighted by atomic mass is 10.1. The number of hydrogen-bond donors (Lipinski definition) is 3. The number of carbonyl (C=O) groups excluding carboxylic acids is 1. The molecule has 2 aromatic carbocycles. The zero-order valence-corrected chi connectivity index (χ0v) is 16.0. The van der Waals surface area contributed by atoms with E-state index in [0.717, 1.165) is 11.6 Å². The fourth-order valence-corrected chi connectivity index (χ4v) is 3.51. The molecule has 0 radical (unpaired) electrons. The highest BCUT2D eigenvalue weighted by atomic mass is 32.1. The zero-order valence-electron chi connectivity index (χ0n) is 15.2. The number of benzene rings is 2. The number of thiocarbonyl (C=S) groups is 1. The maximum absolute atomic E-state index is 14.0. The first-order chi connectivity index (χ1) is 14.0. The quantitative estimate of drug-likeness (QED) is 0.573. The molecule has 3 N–H and O–H groups in total. The highest BCUT2D eigenvalue weighted by Crippen LogP contribution is 2.27. The van der Waals surface area contributed by atoms with Crippen LogP contribution >= 0.6 is 12.2 Å². The first-order valence-corrected chi connectivity index (χ1v) is 9.45. The second-order valence-electron chi connectivity index (χ2n) is 6.74. The Hall–Kier alpha value is -3.20. The summed E-state index contributed by atoms with van der Waals surface area (Å²) in [5.74, 6) is -1.30. The topological polar surface area (TPSA) is 82.7 Å². The normalized spacial score (nSPS) is 15.9. The first kappa shape index (κ1) is 19.1. The lowest BCUT2D eigenvalue weighted by Gasteiger charge is -2.16. The van der Waals surface area contributed by atoms with Crippen molar-refractivity contribution in [3.63, 3.8) is 0 Å². The number of aromatic nitrogens is 3. The largest absolute Gasteiger partial charge is 0.346 e. The minimum Gasteiger partial charge on any atom is -0.346 e. The number of H-pyrrole nitrogens is 1. The molecule has 0 bridgehead atoms. The van der Waals surface area contributed by atoms with Gasteiger partial charge in [-0.3, -0.25) is 9.89 Å². The Morgan fingerprint density at radius 3 is 2.83 bits per heavy atom. The van der Waals surface area contributed by atoms with Crippen LogP contribution in [0.3, 0.4) is 0 Å². The summed E-state index contributed by atoms with van der Waals surface area (Å²) in [6.07, 6.45) is 1.27. The Morgan fingerprint density at radius 2 is 2.03 bits per heavy atom. The highest BCUT2D eigenvalue weighted by Gasteiger charge is 2.26. The van der Waals surface area contributed by atoms with Gasteiger partial charge in [-0.15, -0.1) is 5.10 Å². The molecule has 3 aromatic rings. The molecule has 0 saturated carbocycles. The van der Waals surface area contributed by atoms with Gasteiger partial charge >= 0.3 is 0 Å². The Balaban J connectivity index is 1.44. The molecule has 148 valence electrons. The van der Waals surface area contributed by atoms with Gasteiger partial charge in [0.2, 0.25) is 5.82 Å². The summed E-state index contributed by atoms with van der Waals surface area (Å²) in [5.41, 5.74) is 1.66. The lowest BCUT2D eigenvalue weighted by molar-refractivity contribution is 0.0936. The van der Waals surface area contributed by atoms with Gasteiger partial charge in [0.15, 0.2) is 0 Å². The van der Waals surface area contributed by atoms with Crippen LogP contribution in [0.2, 0.25) is 0 Å². The molecule has 1 atom stereocenters. The van der Waals surface area contributed by atoms with E-state index in [4.69, 9.17) is 12.2 Å². The predicted molar refractivity (Wildman–Crippen MR) is 108 cm³/mol. The Morgan fingerprint density at radius 1 is 1.24 bits per heavy atom. The molecule has 2 heterocycles. The van der Waals surface area contributed by atoms with E-state index in [-0.39, 0.29) is 16.5 Å². The standard InChI is InChI=1S/C20H17F2N5OS/c21-13-9-12-6-7-15(20(29)25-17(12)14(22)10-13)23-19(28)18-24-16(26-27-18)8-11-4-2-1-3-5-11/h1-5,9-10,15H,6-8H2,(H,23,28)(H,25,29)(H,24,26,27)/t15-/m0/s1. The molecule has 1 aliphatic rings. The number of aryl methyl sites for hydroxylation is 1. The molecule has 0 saturated heterocycles. The van der Waals surface area contributed by atoms with Crippen molar-refractivity contribution in [2.24, 2.45) is 0 Å². The Bertz CT molecular complexity index is 1070. The van der Waals surface area contributed by atoms with Crippen LogP contribution in [-0.4, -0.2) is 32.1 Å². The van der Waals surface area contributed by atoms with Crippen molar-refractivity contribution in [2.45, 2.75) is 25.3 Å². The molecule has 0 unspecified atom stereocenters. The third kappa shape index (κ3) is 4.29. The van der Waals surface area contributed by atoms with Gasteiger partial charge in [0.25, 0.3) is 5.91 Å². The number of nitrogens with zero attached hydrogens (tertiary/aromatic N) is 2. The van der Waals surface area contributed by atoms with Crippen LogP contribution in [0.15, 0.2) is 42.5 Å². The number of hydrogen-bond acceptors (Lipinski definition) is 4. The predicted octanol–water partition coefficient (Wildman–Crippen LogP) is 3.16. The maximum Gasteiger partial charge on any atom is 0.291 e. The Labute approximate surface area is 170 Å². The van der Waals surface area contributed by atoms with Crippen molar-refractivity contribution in [2.75, 3.05) is 5.32 Å². The van der Waals surface area contributed by atoms with Gasteiger partial charge in [0.1, 0.15) is 22.4 Å². The molecule has 9 heteroatoms. The molecule has 1 aromatic heterocycles. The van der Waals surface area contributed by atoms with Crippen LogP contribution in [0.5, 0.6) is 0 Å². The van der Waals surface area contributed by atoms with Crippen LogP contribution < -0.4 is 10.6 Å². The van der Waals surface area contributed by atoms with Gasteiger partial charge < -0.3 is 10.6 Å². The summed E-state index contributed by atoms with van der Waals surface area (Å²) in [7, 11) is 0. The van der Waals surface area contributed by atoms with Crippen LogP contribution in [0, 0.1) is 11.6 Å². The van der Waals surface area contributed by atoms with Gasteiger partial charge in [0.05, 0.1) is 11.7 Å². The van der Waals surface area contributed by atoms with E-state index < -0.39 is 23.6 Å². The average molecular weight is 413 g/mol. The van der Waals surface area contributed by atoms with Crippen LogP contribution in [0.4, 0.5) is 14.5 Å². The van der Waals surface area contributed by atoms with Gasteiger partial charge in [-0.05, 0) is 30.0 Å². The number of amides is 1. The molecule has 0 spiro atoms. The summed E-state index contributed by atoms with van der Waals surface area (Å²) < 4.78 is 27.5. The molecule has 0 fully saturated rings. The van der Waals surface area contributed by atoms with Crippen molar-refractivity contribution in [3.05, 3.63) is 76.9 Å². The number of carbonyl (C=O) groups is 1. The summed E-state index contributed by atoms with van der Waals surface area (Å²) in [6, 6.07) is 11.2. The van der Waals surface area contributed by atoms with Crippen LogP contribution in [-0.2, 0) is 12.8 Å². The third-order valence-corrected chi connectivity index (χ3v) is 5.04. The molecule has 0 aliphatic carbocycles. The van der Waals surface area contributed by atoms with E-state index >= 15 is 0 Å². The van der Waals surface area contributed by atoms with Crippen molar-refractivity contribution < 1.29 is 13.6 Å². The van der Waals surface area contributed by atoms with E-state index in [9.17, 15) is 13.6 Å². The second kappa shape index (κ2) is 8.04. The minimum atomic E-state index is -0.714. The van der Waals surface area contributed by atoms with Gasteiger partial charge in [-0.1, -0.05) is 42.5 Å². The van der Waals surface area contributed by atoms with E-state index in [1.807, 2.05) is 30.3 Å². The number of rotatable bonds is 4. The maximum atomic E-state index is 14.0. The third-order valence-electron chi connectivity index (χ3n) is 4.66. The van der Waals surface area contributed by atoms with Crippen LogP contribution in [0.25, 0.3) is 0 Å². The monoisotopic (exact) mass is 413 g/mol. The van der Waals surface area contributed by atoms with Gasteiger partial charge in [0, 0.05) is 12.5 Å². The molecule has 4 rings (SSSR count). The molecule has 6 nitrogen and oxygen atoms in total. The van der Waals surface area contributed by atoms with E-state index in [1.165, 1.54) is 6.07 Å². The fraction of sp³-hybridized carbons (Fsp3) is 0.200.